The lowest BCUT2D eigenvalue weighted by Crippen LogP contribution is -1.98. The number of benzene rings is 1. The van der Waals surface area contributed by atoms with Crippen molar-refractivity contribution in [2.45, 2.75) is 20.0 Å². The summed E-state index contributed by atoms with van der Waals surface area (Å²) in [6, 6.07) is 3.36. The quantitative estimate of drug-likeness (QED) is 0.731. The van der Waals surface area contributed by atoms with Gasteiger partial charge >= 0.3 is 0 Å². The summed E-state index contributed by atoms with van der Waals surface area (Å²) in [6.45, 7) is 2.12. The molecule has 7 heteroatoms. The van der Waals surface area contributed by atoms with Gasteiger partial charge in [0.1, 0.15) is 12.0 Å². The molecule has 0 amide bonds. The van der Waals surface area contributed by atoms with Crippen molar-refractivity contribution in [1.29, 1.82) is 0 Å². The van der Waals surface area contributed by atoms with Crippen LogP contribution < -0.4 is 4.74 Å². The largest absolute Gasteiger partial charge is 0.481 e. The van der Waals surface area contributed by atoms with Gasteiger partial charge in [-0.05, 0) is 44.0 Å². The van der Waals surface area contributed by atoms with Crippen LogP contribution in [0.15, 0.2) is 25.6 Å². The van der Waals surface area contributed by atoms with Gasteiger partial charge in [-0.1, -0.05) is 12.1 Å². The first kappa shape index (κ1) is 14.2. The lowest BCUT2D eigenvalue weighted by atomic mass is 10.2. The Morgan fingerprint density at radius 3 is 2.58 bits per heavy atom. The van der Waals surface area contributed by atoms with Crippen molar-refractivity contribution in [2.24, 2.45) is 0 Å². The lowest BCUT2D eigenvalue weighted by Gasteiger charge is -2.08. The van der Waals surface area contributed by atoms with Gasteiger partial charge in [-0.3, -0.25) is 4.79 Å². The Hall–Kier alpha value is -1.21. The molecular weight excluding hydrogens is 380 g/mol. The van der Waals surface area contributed by atoms with Crippen molar-refractivity contribution in [3.63, 3.8) is 0 Å². The highest BCUT2D eigenvalue weighted by Gasteiger charge is 2.11. The van der Waals surface area contributed by atoms with E-state index in [1.165, 1.54) is 0 Å². The number of carbonyl (C=O) groups excluding carboxylic acids is 1. The summed E-state index contributed by atoms with van der Waals surface area (Å²) < 4.78 is 12.0. The molecule has 2 aromatic rings. The predicted octanol–water partition coefficient (Wildman–Crippen LogP) is 3.55. The van der Waals surface area contributed by atoms with Crippen LogP contribution in [0.25, 0.3) is 0 Å². The van der Waals surface area contributed by atoms with Gasteiger partial charge < -0.3 is 9.26 Å². The summed E-state index contributed by atoms with van der Waals surface area (Å²) in [5, 5.41) is 3.78. The van der Waals surface area contributed by atoms with E-state index in [1.54, 1.807) is 12.1 Å². The fourth-order valence-corrected chi connectivity index (χ4v) is 2.86. The first-order valence-corrected chi connectivity index (χ1v) is 7.11. The average Bonchev–Trinajstić information content (AvgIpc) is 2.85. The number of aryl methyl sites for hydroxylation is 1. The van der Waals surface area contributed by atoms with Crippen molar-refractivity contribution in [1.82, 2.24) is 10.1 Å². The Balaban J connectivity index is 2.13. The third-order valence-electron chi connectivity index (χ3n) is 2.32. The molecule has 0 spiro atoms. The van der Waals surface area contributed by atoms with Gasteiger partial charge in [0.25, 0.3) is 5.89 Å². The monoisotopic (exact) mass is 388 g/mol. The summed E-state index contributed by atoms with van der Waals surface area (Å²) in [5.41, 5.74) is 0.553. The van der Waals surface area contributed by atoms with E-state index in [2.05, 4.69) is 42.0 Å². The van der Waals surface area contributed by atoms with Gasteiger partial charge in [-0.15, -0.1) is 0 Å². The van der Waals surface area contributed by atoms with Gasteiger partial charge in [0.15, 0.2) is 12.4 Å². The summed E-state index contributed by atoms with van der Waals surface area (Å²) >= 11 is 6.70. The normalized spacial score (nSPS) is 10.5. The molecule has 1 aromatic heterocycles. The van der Waals surface area contributed by atoms with E-state index in [4.69, 9.17) is 9.26 Å². The van der Waals surface area contributed by atoms with E-state index in [0.717, 1.165) is 6.29 Å². The minimum Gasteiger partial charge on any atom is -0.481 e. The molecule has 5 nitrogen and oxygen atoms in total. The second kappa shape index (κ2) is 6.29. The van der Waals surface area contributed by atoms with Crippen molar-refractivity contribution in [2.75, 3.05) is 0 Å². The Labute approximate surface area is 126 Å². The topological polar surface area (TPSA) is 65.2 Å². The van der Waals surface area contributed by atoms with Gasteiger partial charge in [0.2, 0.25) is 0 Å². The molecule has 0 radical (unpaired) electrons. The van der Waals surface area contributed by atoms with Crippen LogP contribution in [0.1, 0.15) is 29.0 Å². The fourth-order valence-electron chi connectivity index (χ4n) is 1.41. The molecule has 0 unspecified atom stereocenters. The van der Waals surface area contributed by atoms with Crippen LogP contribution in [0.2, 0.25) is 0 Å². The maximum atomic E-state index is 10.7. The minimum absolute atomic E-state index is 0.171. The summed E-state index contributed by atoms with van der Waals surface area (Å²) in [4.78, 5) is 14.9. The average molecular weight is 390 g/mol. The molecule has 0 atom stereocenters. The molecule has 0 bridgehead atoms. The molecule has 1 heterocycles. The number of aldehydes is 1. The number of halogens is 2. The van der Waals surface area contributed by atoms with Gasteiger partial charge in [-0.25, -0.2) is 0 Å². The molecule has 0 aliphatic rings. The third-order valence-corrected chi connectivity index (χ3v) is 3.50. The van der Waals surface area contributed by atoms with Crippen LogP contribution in [0.4, 0.5) is 0 Å². The van der Waals surface area contributed by atoms with Crippen molar-refractivity contribution >= 4 is 38.1 Å². The first-order chi connectivity index (χ1) is 9.13. The van der Waals surface area contributed by atoms with E-state index in [0.29, 0.717) is 38.4 Å². The number of hydrogen-bond donors (Lipinski definition) is 0. The van der Waals surface area contributed by atoms with Crippen LogP contribution in [0.3, 0.4) is 0 Å². The molecule has 0 fully saturated rings. The van der Waals surface area contributed by atoms with E-state index in [9.17, 15) is 4.79 Å². The Morgan fingerprint density at radius 1 is 1.37 bits per heavy atom. The van der Waals surface area contributed by atoms with Crippen molar-refractivity contribution < 1.29 is 14.1 Å². The van der Waals surface area contributed by atoms with E-state index in [1.807, 2.05) is 6.92 Å². The van der Waals surface area contributed by atoms with Crippen molar-refractivity contribution in [3.05, 3.63) is 38.4 Å². The van der Waals surface area contributed by atoms with Crippen LogP contribution in [-0.2, 0) is 13.0 Å². The Kier molecular flexibility index (Phi) is 4.71. The molecule has 0 aliphatic carbocycles. The lowest BCUT2D eigenvalue weighted by molar-refractivity contribution is 0.112. The van der Waals surface area contributed by atoms with E-state index in [-0.39, 0.29) is 6.61 Å². The zero-order valence-corrected chi connectivity index (χ0v) is 13.2. The minimum atomic E-state index is 0.171. The molecule has 100 valence electrons. The first-order valence-electron chi connectivity index (χ1n) is 5.52. The highest BCUT2D eigenvalue weighted by atomic mass is 79.9. The molecule has 0 aliphatic heterocycles. The van der Waals surface area contributed by atoms with Crippen LogP contribution in [-0.4, -0.2) is 16.4 Å². The summed E-state index contributed by atoms with van der Waals surface area (Å²) in [7, 11) is 0. The second-order valence-electron chi connectivity index (χ2n) is 3.68. The van der Waals surface area contributed by atoms with Crippen LogP contribution in [0.5, 0.6) is 5.75 Å². The number of rotatable bonds is 5. The number of aromatic nitrogens is 2. The summed E-state index contributed by atoms with van der Waals surface area (Å²) in [6.07, 6.45) is 1.48. The number of hydrogen-bond acceptors (Lipinski definition) is 5. The molecule has 0 saturated carbocycles. The van der Waals surface area contributed by atoms with Crippen molar-refractivity contribution in [3.8, 4) is 5.75 Å². The number of carbonyl (C=O) groups is 1. The third kappa shape index (κ3) is 3.42. The van der Waals surface area contributed by atoms with Gasteiger partial charge in [0.05, 0.1) is 8.95 Å². The number of nitrogens with zero attached hydrogens (tertiary/aromatic N) is 2. The predicted molar refractivity (Wildman–Crippen MR) is 75.2 cm³/mol. The summed E-state index contributed by atoms with van der Waals surface area (Å²) in [5.74, 6) is 1.64. The molecule has 19 heavy (non-hydrogen) atoms. The van der Waals surface area contributed by atoms with E-state index < -0.39 is 0 Å². The maximum Gasteiger partial charge on any atom is 0.264 e. The van der Waals surface area contributed by atoms with Crippen LogP contribution >= 0.6 is 31.9 Å². The standard InChI is InChI=1S/C12H10Br2N2O3/c1-2-10-15-11(19-16-10)6-18-12-8(13)3-7(5-17)4-9(12)14/h3-5H,2,6H2,1H3. The molecule has 0 N–H and O–H groups in total. The van der Waals surface area contributed by atoms with Gasteiger partial charge in [0, 0.05) is 12.0 Å². The molecule has 2 rings (SSSR count). The van der Waals surface area contributed by atoms with Gasteiger partial charge in [-0.2, -0.15) is 4.98 Å². The molecule has 0 saturated heterocycles. The van der Waals surface area contributed by atoms with Crippen LogP contribution in [0, 0.1) is 0 Å². The Bertz CT molecular complexity index is 575. The molecule has 1 aromatic carbocycles. The highest BCUT2D eigenvalue weighted by Crippen LogP contribution is 2.34. The smallest absolute Gasteiger partial charge is 0.264 e. The zero-order chi connectivity index (χ0) is 13.8. The zero-order valence-electron chi connectivity index (χ0n) is 10.0. The SMILES string of the molecule is CCc1noc(COc2c(Br)cc(C=O)cc2Br)n1. The Morgan fingerprint density at radius 2 is 2.05 bits per heavy atom. The fraction of sp³-hybridized carbons (Fsp3) is 0.250. The number of ether oxygens (including phenoxy) is 1. The highest BCUT2D eigenvalue weighted by molar-refractivity contribution is 9.11. The maximum absolute atomic E-state index is 10.7. The molecular formula is C12H10Br2N2O3. The second-order valence-corrected chi connectivity index (χ2v) is 5.39. The van der Waals surface area contributed by atoms with E-state index >= 15 is 0 Å².